The molecule has 26 heavy (non-hydrogen) atoms. The van der Waals surface area contributed by atoms with Gasteiger partial charge in [0.05, 0.1) is 17.7 Å². The average Bonchev–Trinajstić information content (AvgIpc) is 2.65. The standard InChI is InChI=1S/C19H23FN2O3S/c1-14-12-16(13-15(2)19(14)20)26(23,24)22-10-8-21(9-11-22)17-6-4-5-7-18(17)25-3/h4-7,12-13H,8-11H2,1-3H3. The molecule has 0 amide bonds. The normalized spacial score (nSPS) is 15.9. The van der Waals surface area contributed by atoms with Crippen molar-refractivity contribution in [3.05, 3.63) is 53.3 Å². The molecular weight excluding hydrogens is 355 g/mol. The molecule has 140 valence electrons. The molecule has 1 fully saturated rings. The highest BCUT2D eigenvalue weighted by molar-refractivity contribution is 7.89. The highest BCUT2D eigenvalue weighted by atomic mass is 32.2. The number of para-hydroxylation sites is 2. The second kappa shape index (κ2) is 7.25. The van der Waals surface area contributed by atoms with E-state index < -0.39 is 10.0 Å². The number of ether oxygens (including phenoxy) is 1. The predicted octanol–water partition coefficient (Wildman–Crippen LogP) is 2.96. The smallest absolute Gasteiger partial charge is 0.243 e. The first kappa shape index (κ1) is 18.7. The summed E-state index contributed by atoms with van der Waals surface area (Å²) in [4.78, 5) is 2.27. The van der Waals surface area contributed by atoms with E-state index in [0.29, 0.717) is 37.3 Å². The van der Waals surface area contributed by atoms with E-state index in [-0.39, 0.29) is 10.7 Å². The van der Waals surface area contributed by atoms with E-state index in [1.54, 1.807) is 21.0 Å². The Bertz CT molecular complexity index is 884. The van der Waals surface area contributed by atoms with Gasteiger partial charge in [-0.15, -0.1) is 0 Å². The zero-order valence-electron chi connectivity index (χ0n) is 15.2. The van der Waals surface area contributed by atoms with E-state index in [4.69, 9.17) is 4.74 Å². The van der Waals surface area contributed by atoms with E-state index in [9.17, 15) is 12.8 Å². The number of hydrogen-bond acceptors (Lipinski definition) is 4. The van der Waals surface area contributed by atoms with Crippen LogP contribution in [0.25, 0.3) is 0 Å². The molecule has 0 radical (unpaired) electrons. The first-order chi connectivity index (χ1) is 12.3. The van der Waals surface area contributed by atoms with Crippen molar-refractivity contribution < 1.29 is 17.5 Å². The van der Waals surface area contributed by atoms with Crippen LogP contribution in [0.15, 0.2) is 41.3 Å². The van der Waals surface area contributed by atoms with Crippen LogP contribution in [-0.4, -0.2) is 46.0 Å². The zero-order chi connectivity index (χ0) is 18.9. The van der Waals surface area contributed by atoms with Crippen LogP contribution in [0.2, 0.25) is 0 Å². The largest absolute Gasteiger partial charge is 0.495 e. The Kier molecular flexibility index (Phi) is 5.20. The fraction of sp³-hybridized carbons (Fsp3) is 0.368. The van der Waals surface area contributed by atoms with Crippen LogP contribution in [-0.2, 0) is 10.0 Å². The molecule has 0 spiro atoms. The molecule has 3 rings (SSSR count). The molecule has 0 aliphatic carbocycles. The number of hydrogen-bond donors (Lipinski definition) is 0. The van der Waals surface area contributed by atoms with Gasteiger partial charge in [0.15, 0.2) is 0 Å². The summed E-state index contributed by atoms with van der Waals surface area (Å²) in [5.41, 5.74) is 1.65. The third-order valence-corrected chi connectivity index (χ3v) is 6.59. The molecular formula is C19H23FN2O3S. The minimum atomic E-state index is -3.64. The topological polar surface area (TPSA) is 49.9 Å². The maximum absolute atomic E-state index is 13.8. The third kappa shape index (κ3) is 3.41. The van der Waals surface area contributed by atoms with Gasteiger partial charge in [-0.05, 0) is 49.2 Å². The quantitative estimate of drug-likeness (QED) is 0.821. The number of aryl methyl sites for hydroxylation is 2. The molecule has 2 aromatic carbocycles. The van der Waals surface area contributed by atoms with E-state index >= 15 is 0 Å². The number of halogens is 1. The van der Waals surface area contributed by atoms with Gasteiger partial charge in [-0.3, -0.25) is 0 Å². The van der Waals surface area contributed by atoms with Crippen molar-refractivity contribution in [2.24, 2.45) is 0 Å². The Morgan fingerprint density at radius 1 is 1.00 bits per heavy atom. The lowest BCUT2D eigenvalue weighted by molar-refractivity contribution is 0.378. The molecule has 0 N–H and O–H groups in total. The molecule has 0 unspecified atom stereocenters. The van der Waals surface area contributed by atoms with Gasteiger partial charge in [-0.25, -0.2) is 12.8 Å². The molecule has 5 nitrogen and oxygen atoms in total. The van der Waals surface area contributed by atoms with Crippen molar-refractivity contribution in [3.8, 4) is 5.75 Å². The average molecular weight is 378 g/mol. The van der Waals surface area contributed by atoms with Gasteiger partial charge in [-0.1, -0.05) is 12.1 Å². The fourth-order valence-electron chi connectivity index (χ4n) is 3.26. The van der Waals surface area contributed by atoms with Crippen molar-refractivity contribution in [2.45, 2.75) is 18.7 Å². The van der Waals surface area contributed by atoms with Crippen LogP contribution in [0.1, 0.15) is 11.1 Å². The summed E-state index contributed by atoms with van der Waals surface area (Å²) in [6.07, 6.45) is 0. The first-order valence-electron chi connectivity index (χ1n) is 8.49. The van der Waals surface area contributed by atoms with Crippen molar-refractivity contribution in [1.82, 2.24) is 4.31 Å². The van der Waals surface area contributed by atoms with Crippen molar-refractivity contribution in [2.75, 3.05) is 38.2 Å². The van der Waals surface area contributed by atoms with Crippen LogP contribution in [0.4, 0.5) is 10.1 Å². The fourth-order valence-corrected chi connectivity index (χ4v) is 4.86. The van der Waals surface area contributed by atoms with E-state index in [0.717, 1.165) is 11.4 Å². The first-order valence-corrected chi connectivity index (χ1v) is 9.93. The second-order valence-electron chi connectivity index (χ2n) is 6.43. The number of benzene rings is 2. The van der Waals surface area contributed by atoms with E-state index in [1.165, 1.54) is 16.4 Å². The summed E-state index contributed by atoms with van der Waals surface area (Å²) in [5.74, 6) is 0.415. The molecule has 0 atom stereocenters. The summed E-state index contributed by atoms with van der Waals surface area (Å²) < 4.78 is 46.5. The van der Waals surface area contributed by atoms with Crippen LogP contribution >= 0.6 is 0 Å². The third-order valence-electron chi connectivity index (χ3n) is 4.71. The van der Waals surface area contributed by atoms with Crippen LogP contribution in [0, 0.1) is 19.7 Å². The second-order valence-corrected chi connectivity index (χ2v) is 8.37. The highest BCUT2D eigenvalue weighted by Gasteiger charge is 2.30. The van der Waals surface area contributed by atoms with Gasteiger partial charge < -0.3 is 9.64 Å². The Morgan fingerprint density at radius 2 is 1.58 bits per heavy atom. The van der Waals surface area contributed by atoms with Crippen molar-refractivity contribution in [1.29, 1.82) is 0 Å². The summed E-state index contributed by atoms with van der Waals surface area (Å²) in [6, 6.07) is 10.5. The van der Waals surface area contributed by atoms with E-state index in [2.05, 4.69) is 4.90 Å². The number of sulfonamides is 1. The number of methoxy groups -OCH3 is 1. The lowest BCUT2D eigenvalue weighted by Crippen LogP contribution is -2.48. The molecule has 1 saturated heterocycles. The summed E-state index contributed by atoms with van der Waals surface area (Å²) in [5, 5.41) is 0. The molecule has 0 aromatic heterocycles. The SMILES string of the molecule is COc1ccccc1N1CCN(S(=O)(=O)c2cc(C)c(F)c(C)c2)CC1. The Hall–Kier alpha value is -2.12. The molecule has 7 heteroatoms. The summed E-state index contributed by atoms with van der Waals surface area (Å²) >= 11 is 0. The number of anilines is 1. The lowest BCUT2D eigenvalue weighted by atomic mass is 10.1. The van der Waals surface area contributed by atoms with Gasteiger partial charge >= 0.3 is 0 Å². The Morgan fingerprint density at radius 3 is 2.15 bits per heavy atom. The van der Waals surface area contributed by atoms with Gasteiger partial charge in [0, 0.05) is 26.2 Å². The van der Waals surface area contributed by atoms with Gasteiger partial charge in [0.25, 0.3) is 0 Å². The molecule has 1 aliphatic rings. The Balaban J connectivity index is 1.79. The number of nitrogens with zero attached hydrogens (tertiary/aromatic N) is 2. The van der Waals surface area contributed by atoms with Crippen LogP contribution in [0.3, 0.4) is 0 Å². The molecule has 1 aliphatic heterocycles. The summed E-state index contributed by atoms with van der Waals surface area (Å²) in [7, 11) is -2.01. The minimum Gasteiger partial charge on any atom is -0.495 e. The molecule has 0 bridgehead atoms. The minimum absolute atomic E-state index is 0.152. The monoisotopic (exact) mass is 378 g/mol. The Labute approximate surface area is 154 Å². The van der Waals surface area contributed by atoms with Crippen LogP contribution < -0.4 is 9.64 Å². The number of piperazine rings is 1. The van der Waals surface area contributed by atoms with Gasteiger partial charge in [-0.2, -0.15) is 4.31 Å². The highest BCUT2D eigenvalue weighted by Crippen LogP contribution is 2.29. The van der Waals surface area contributed by atoms with Crippen molar-refractivity contribution in [3.63, 3.8) is 0 Å². The van der Waals surface area contributed by atoms with Gasteiger partial charge in [0.1, 0.15) is 11.6 Å². The predicted molar refractivity (Wildman–Crippen MR) is 99.8 cm³/mol. The molecule has 2 aromatic rings. The maximum Gasteiger partial charge on any atom is 0.243 e. The van der Waals surface area contributed by atoms with Crippen LogP contribution in [0.5, 0.6) is 5.75 Å². The summed E-state index contributed by atoms with van der Waals surface area (Å²) in [6.45, 7) is 5.05. The molecule has 0 saturated carbocycles. The molecule has 1 heterocycles. The maximum atomic E-state index is 13.8. The zero-order valence-corrected chi connectivity index (χ0v) is 16.0. The van der Waals surface area contributed by atoms with E-state index in [1.807, 2.05) is 24.3 Å². The van der Waals surface area contributed by atoms with Crippen molar-refractivity contribution >= 4 is 15.7 Å². The number of rotatable bonds is 4. The van der Waals surface area contributed by atoms with Gasteiger partial charge in [0.2, 0.25) is 10.0 Å². The lowest BCUT2D eigenvalue weighted by Gasteiger charge is -2.36.